The normalized spacial score (nSPS) is 18.5. The standard InChI is InChI=1S/C12H11N3O/c1-8-12(14)15-10-7-9(3-2-6-13)4-5-11(10)16-8/h2-5,7-8H,1H3,(H2,14,15). The van der Waals surface area contributed by atoms with Crippen molar-refractivity contribution in [3.63, 3.8) is 0 Å². The van der Waals surface area contributed by atoms with E-state index in [9.17, 15) is 0 Å². The van der Waals surface area contributed by atoms with Crippen LogP contribution in [0.2, 0.25) is 0 Å². The second-order valence-corrected chi connectivity index (χ2v) is 3.49. The Hall–Kier alpha value is -2.28. The summed E-state index contributed by atoms with van der Waals surface area (Å²) in [5.74, 6) is 1.18. The van der Waals surface area contributed by atoms with Gasteiger partial charge in [-0.1, -0.05) is 6.07 Å². The summed E-state index contributed by atoms with van der Waals surface area (Å²) in [5.41, 5.74) is 7.30. The molecule has 1 aliphatic rings. The number of hydrogen-bond acceptors (Lipinski definition) is 4. The highest BCUT2D eigenvalue weighted by atomic mass is 16.5. The van der Waals surface area contributed by atoms with Gasteiger partial charge in [0.2, 0.25) is 0 Å². The van der Waals surface area contributed by atoms with E-state index in [0.29, 0.717) is 11.5 Å². The van der Waals surface area contributed by atoms with E-state index in [-0.39, 0.29) is 6.10 Å². The molecule has 2 rings (SSSR count). The van der Waals surface area contributed by atoms with Gasteiger partial charge in [0.15, 0.2) is 6.10 Å². The maximum Gasteiger partial charge on any atom is 0.153 e. The van der Waals surface area contributed by atoms with Crippen molar-refractivity contribution in [2.24, 2.45) is 10.7 Å². The quantitative estimate of drug-likeness (QED) is 0.725. The Bertz CT molecular complexity index is 511. The van der Waals surface area contributed by atoms with Crippen molar-refractivity contribution in [1.29, 1.82) is 5.26 Å². The van der Waals surface area contributed by atoms with E-state index in [1.807, 2.05) is 31.2 Å². The second kappa shape index (κ2) is 4.07. The lowest BCUT2D eigenvalue weighted by Gasteiger charge is -2.20. The predicted octanol–water partition coefficient (Wildman–Crippen LogP) is 1.99. The van der Waals surface area contributed by atoms with Gasteiger partial charge >= 0.3 is 0 Å². The average molecular weight is 213 g/mol. The molecule has 0 fully saturated rings. The molecule has 4 nitrogen and oxygen atoms in total. The highest BCUT2D eigenvalue weighted by Crippen LogP contribution is 2.32. The molecule has 80 valence electrons. The lowest BCUT2D eigenvalue weighted by Crippen LogP contribution is -2.33. The highest BCUT2D eigenvalue weighted by Gasteiger charge is 2.17. The Morgan fingerprint density at radius 1 is 1.56 bits per heavy atom. The topological polar surface area (TPSA) is 71.4 Å². The van der Waals surface area contributed by atoms with E-state index in [0.717, 1.165) is 11.3 Å². The van der Waals surface area contributed by atoms with Gasteiger partial charge in [0.05, 0.1) is 6.07 Å². The fourth-order valence-corrected chi connectivity index (χ4v) is 1.44. The second-order valence-electron chi connectivity index (χ2n) is 3.49. The molecular weight excluding hydrogens is 202 g/mol. The smallest absolute Gasteiger partial charge is 0.153 e. The minimum absolute atomic E-state index is 0.187. The molecule has 2 N–H and O–H groups in total. The van der Waals surface area contributed by atoms with Crippen LogP contribution < -0.4 is 10.5 Å². The molecule has 0 aromatic heterocycles. The molecule has 1 heterocycles. The zero-order chi connectivity index (χ0) is 11.5. The van der Waals surface area contributed by atoms with Crippen LogP contribution in [0.1, 0.15) is 12.5 Å². The van der Waals surface area contributed by atoms with Crippen molar-refractivity contribution in [2.75, 3.05) is 0 Å². The van der Waals surface area contributed by atoms with E-state index in [1.54, 1.807) is 6.08 Å². The number of nitrogens with zero attached hydrogens (tertiary/aromatic N) is 2. The average Bonchev–Trinajstić information content (AvgIpc) is 2.28. The maximum atomic E-state index is 8.43. The zero-order valence-corrected chi connectivity index (χ0v) is 8.84. The van der Waals surface area contributed by atoms with Crippen molar-refractivity contribution in [3.05, 3.63) is 29.8 Å². The van der Waals surface area contributed by atoms with E-state index >= 15 is 0 Å². The Morgan fingerprint density at radius 3 is 3.12 bits per heavy atom. The SMILES string of the molecule is CC1Oc2ccc(C=CC#N)cc2N=C1N. The van der Waals surface area contributed by atoms with Crippen LogP contribution in [-0.4, -0.2) is 11.9 Å². The molecule has 0 saturated carbocycles. The van der Waals surface area contributed by atoms with Crippen LogP contribution in [-0.2, 0) is 0 Å². The van der Waals surface area contributed by atoms with E-state index in [2.05, 4.69) is 4.99 Å². The molecule has 0 radical (unpaired) electrons. The van der Waals surface area contributed by atoms with Gasteiger partial charge in [-0.3, -0.25) is 0 Å². The fourth-order valence-electron chi connectivity index (χ4n) is 1.44. The third-order valence-corrected chi connectivity index (χ3v) is 2.30. The number of fused-ring (bicyclic) bond motifs is 1. The van der Waals surface area contributed by atoms with E-state index in [4.69, 9.17) is 15.7 Å². The van der Waals surface area contributed by atoms with Crippen LogP contribution in [0, 0.1) is 11.3 Å². The Balaban J connectivity index is 2.39. The first-order valence-corrected chi connectivity index (χ1v) is 4.91. The van der Waals surface area contributed by atoms with Gasteiger partial charge in [-0.15, -0.1) is 0 Å². The molecule has 1 unspecified atom stereocenters. The summed E-state index contributed by atoms with van der Waals surface area (Å²) >= 11 is 0. The molecule has 0 saturated heterocycles. The van der Waals surface area contributed by atoms with Crippen LogP contribution in [0.5, 0.6) is 5.75 Å². The summed E-state index contributed by atoms with van der Waals surface area (Å²) in [6.45, 7) is 1.85. The van der Waals surface area contributed by atoms with Crippen LogP contribution in [0.15, 0.2) is 29.3 Å². The summed E-state index contributed by atoms with van der Waals surface area (Å²) in [6, 6.07) is 7.48. The summed E-state index contributed by atoms with van der Waals surface area (Å²) in [4.78, 5) is 4.25. The number of allylic oxidation sites excluding steroid dienone is 1. The first-order valence-electron chi connectivity index (χ1n) is 4.91. The minimum atomic E-state index is -0.187. The molecule has 4 heteroatoms. The number of ether oxygens (including phenoxy) is 1. The molecular formula is C12H11N3O. The molecule has 0 bridgehead atoms. The molecule has 1 aromatic carbocycles. The number of hydrogen-bond donors (Lipinski definition) is 1. The highest BCUT2D eigenvalue weighted by molar-refractivity contribution is 5.90. The van der Waals surface area contributed by atoms with Crippen LogP contribution in [0.3, 0.4) is 0 Å². The van der Waals surface area contributed by atoms with Crippen LogP contribution in [0.4, 0.5) is 5.69 Å². The van der Waals surface area contributed by atoms with Crippen molar-refractivity contribution in [1.82, 2.24) is 0 Å². The van der Waals surface area contributed by atoms with E-state index < -0.39 is 0 Å². The summed E-state index contributed by atoms with van der Waals surface area (Å²) in [7, 11) is 0. The molecule has 0 spiro atoms. The van der Waals surface area contributed by atoms with Crippen LogP contribution >= 0.6 is 0 Å². The molecule has 16 heavy (non-hydrogen) atoms. The Labute approximate surface area is 93.7 Å². The van der Waals surface area contributed by atoms with Gasteiger partial charge in [0, 0.05) is 6.08 Å². The number of rotatable bonds is 1. The predicted molar refractivity (Wildman–Crippen MR) is 62.5 cm³/mol. The summed E-state index contributed by atoms with van der Waals surface area (Å²) in [5, 5.41) is 8.43. The lowest BCUT2D eigenvalue weighted by atomic mass is 10.1. The summed E-state index contributed by atoms with van der Waals surface area (Å²) in [6.07, 6.45) is 2.94. The van der Waals surface area contributed by atoms with Gasteiger partial charge in [-0.25, -0.2) is 4.99 Å². The summed E-state index contributed by atoms with van der Waals surface area (Å²) < 4.78 is 5.56. The van der Waals surface area contributed by atoms with Crippen LogP contribution in [0.25, 0.3) is 6.08 Å². The Morgan fingerprint density at radius 2 is 2.38 bits per heavy atom. The van der Waals surface area contributed by atoms with E-state index in [1.165, 1.54) is 6.08 Å². The first-order chi connectivity index (χ1) is 7.70. The number of nitrogens with two attached hydrogens (primary N) is 1. The van der Waals surface area contributed by atoms with Gasteiger partial charge in [0.1, 0.15) is 17.3 Å². The Kier molecular flexibility index (Phi) is 2.61. The van der Waals surface area contributed by atoms with Gasteiger partial charge in [-0.2, -0.15) is 5.26 Å². The monoisotopic (exact) mass is 213 g/mol. The number of aliphatic imine (C=N–C) groups is 1. The first kappa shape index (κ1) is 10.2. The largest absolute Gasteiger partial charge is 0.481 e. The third-order valence-electron chi connectivity index (χ3n) is 2.30. The number of benzene rings is 1. The number of amidine groups is 1. The lowest BCUT2D eigenvalue weighted by molar-refractivity contribution is 0.281. The molecule has 1 aliphatic heterocycles. The minimum Gasteiger partial charge on any atom is -0.481 e. The fraction of sp³-hybridized carbons (Fsp3) is 0.167. The maximum absolute atomic E-state index is 8.43. The molecule has 0 aliphatic carbocycles. The van der Waals surface area contributed by atoms with Crippen molar-refractivity contribution < 1.29 is 4.74 Å². The van der Waals surface area contributed by atoms with Crippen molar-refractivity contribution in [2.45, 2.75) is 13.0 Å². The zero-order valence-electron chi connectivity index (χ0n) is 8.84. The van der Waals surface area contributed by atoms with Crippen molar-refractivity contribution in [3.8, 4) is 11.8 Å². The molecule has 1 atom stereocenters. The molecule has 1 aromatic rings. The number of nitriles is 1. The van der Waals surface area contributed by atoms with Gasteiger partial charge in [0.25, 0.3) is 0 Å². The molecule has 0 amide bonds. The van der Waals surface area contributed by atoms with Gasteiger partial charge < -0.3 is 10.5 Å². The van der Waals surface area contributed by atoms with Gasteiger partial charge in [-0.05, 0) is 30.7 Å². The van der Waals surface area contributed by atoms with Crippen molar-refractivity contribution >= 4 is 17.6 Å². The third kappa shape index (κ3) is 1.89.